The Morgan fingerprint density at radius 3 is 2.50 bits per heavy atom. The summed E-state index contributed by atoms with van der Waals surface area (Å²) in [6.45, 7) is 7.10. The maximum absolute atomic E-state index is 13.0. The summed E-state index contributed by atoms with van der Waals surface area (Å²) < 4.78 is 5.46. The van der Waals surface area contributed by atoms with E-state index in [2.05, 4.69) is 10.6 Å². The third-order valence-corrected chi connectivity index (χ3v) is 6.09. The number of nitrogens with zero attached hydrogens (tertiary/aromatic N) is 2. The van der Waals surface area contributed by atoms with E-state index in [0.717, 1.165) is 24.1 Å². The van der Waals surface area contributed by atoms with Gasteiger partial charge < -0.3 is 19.9 Å². The molecule has 172 valence electrons. The van der Waals surface area contributed by atoms with Crippen molar-refractivity contribution in [1.29, 1.82) is 0 Å². The molecule has 1 aromatic rings. The highest BCUT2D eigenvalue weighted by Crippen LogP contribution is 2.33. The summed E-state index contributed by atoms with van der Waals surface area (Å²) in [5.74, 6) is -0.889. The second-order valence-corrected chi connectivity index (χ2v) is 9.62. The van der Waals surface area contributed by atoms with Crippen LogP contribution in [0.2, 0.25) is 0 Å². The molecule has 1 atom stereocenters. The highest BCUT2D eigenvalue weighted by molar-refractivity contribution is 6.06. The molecule has 2 saturated heterocycles. The number of anilines is 1. The van der Waals surface area contributed by atoms with Gasteiger partial charge in [-0.3, -0.25) is 19.7 Å². The van der Waals surface area contributed by atoms with Gasteiger partial charge in [0.05, 0.1) is 0 Å². The highest BCUT2D eigenvalue weighted by Gasteiger charge is 2.40. The van der Waals surface area contributed by atoms with Crippen LogP contribution >= 0.6 is 0 Å². The van der Waals surface area contributed by atoms with E-state index in [9.17, 15) is 19.2 Å². The number of rotatable bonds is 3. The van der Waals surface area contributed by atoms with Crippen molar-refractivity contribution in [2.24, 2.45) is 0 Å². The molecule has 0 bridgehead atoms. The Bertz CT molecular complexity index is 946. The van der Waals surface area contributed by atoms with Crippen molar-refractivity contribution in [1.82, 2.24) is 15.1 Å². The van der Waals surface area contributed by atoms with Gasteiger partial charge >= 0.3 is 6.09 Å². The Kier molecular flexibility index (Phi) is 5.83. The summed E-state index contributed by atoms with van der Waals surface area (Å²) in [6.07, 6.45) is 1.83. The van der Waals surface area contributed by atoms with Gasteiger partial charge in [0.15, 0.2) is 0 Å². The number of hydrogen-bond donors (Lipinski definition) is 2. The summed E-state index contributed by atoms with van der Waals surface area (Å²) in [6, 6.07) is 5.10. The van der Waals surface area contributed by atoms with Crippen molar-refractivity contribution in [2.45, 2.75) is 70.7 Å². The Labute approximate surface area is 187 Å². The minimum absolute atomic E-state index is 0.167. The summed E-state index contributed by atoms with van der Waals surface area (Å²) >= 11 is 0. The zero-order chi connectivity index (χ0) is 23.0. The molecule has 4 amide bonds. The number of ether oxygens (including phenoxy) is 1. The largest absolute Gasteiger partial charge is 0.444 e. The first kappa shape index (κ1) is 22.1. The van der Waals surface area contributed by atoms with E-state index in [1.54, 1.807) is 15.9 Å². The second-order valence-electron chi connectivity index (χ2n) is 9.62. The van der Waals surface area contributed by atoms with E-state index in [0.29, 0.717) is 31.6 Å². The van der Waals surface area contributed by atoms with Crippen LogP contribution < -0.4 is 10.6 Å². The number of nitrogens with one attached hydrogen (secondary N) is 2. The fourth-order valence-electron chi connectivity index (χ4n) is 4.47. The van der Waals surface area contributed by atoms with Crippen LogP contribution in [0.1, 0.15) is 62.4 Å². The minimum atomic E-state index is -0.627. The zero-order valence-corrected chi connectivity index (χ0v) is 18.8. The highest BCUT2D eigenvalue weighted by atomic mass is 16.6. The number of hydrogen-bond acceptors (Lipinski definition) is 6. The average molecular weight is 443 g/mol. The molecular formula is C23H30N4O5. The van der Waals surface area contributed by atoms with Crippen molar-refractivity contribution in [3.05, 3.63) is 29.3 Å². The van der Waals surface area contributed by atoms with Crippen molar-refractivity contribution < 1.29 is 23.9 Å². The van der Waals surface area contributed by atoms with Gasteiger partial charge in [-0.1, -0.05) is 6.07 Å². The van der Waals surface area contributed by atoms with Gasteiger partial charge in [0.2, 0.25) is 11.8 Å². The van der Waals surface area contributed by atoms with E-state index in [1.165, 1.54) is 0 Å². The molecule has 0 aliphatic carbocycles. The molecule has 3 heterocycles. The van der Waals surface area contributed by atoms with Crippen LogP contribution in [0.4, 0.5) is 10.5 Å². The molecule has 0 radical (unpaired) electrons. The van der Waals surface area contributed by atoms with Crippen LogP contribution in [-0.2, 0) is 20.9 Å². The van der Waals surface area contributed by atoms with Crippen molar-refractivity contribution in [2.75, 3.05) is 18.4 Å². The lowest BCUT2D eigenvalue weighted by Gasteiger charge is -2.34. The number of imide groups is 1. The Balaban J connectivity index is 1.40. The topological polar surface area (TPSA) is 108 Å². The number of benzene rings is 1. The molecule has 32 heavy (non-hydrogen) atoms. The average Bonchev–Trinajstić information content (AvgIpc) is 3.05. The van der Waals surface area contributed by atoms with Gasteiger partial charge in [-0.2, -0.15) is 0 Å². The first-order valence-electron chi connectivity index (χ1n) is 11.1. The molecule has 2 N–H and O–H groups in total. The SMILES string of the molecule is CC(C)(C)OC(=O)N1CCC(Nc2cccc3c2CN(C2CCC(=O)NC2=O)C3=O)CC1. The zero-order valence-electron chi connectivity index (χ0n) is 18.8. The summed E-state index contributed by atoms with van der Waals surface area (Å²) in [7, 11) is 0. The van der Waals surface area contributed by atoms with Gasteiger partial charge in [-0.25, -0.2) is 4.79 Å². The maximum atomic E-state index is 13.0. The number of likely N-dealkylation sites (tertiary alicyclic amines) is 1. The molecule has 2 fully saturated rings. The molecule has 3 aliphatic rings. The summed E-state index contributed by atoms with van der Waals surface area (Å²) in [5.41, 5.74) is 1.82. The van der Waals surface area contributed by atoms with Gasteiger partial charge in [0.25, 0.3) is 5.91 Å². The van der Waals surface area contributed by atoms with Crippen molar-refractivity contribution in [3.8, 4) is 0 Å². The molecule has 1 unspecified atom stereocenters. The minimum Gasteiger partial charge on any atom is -0.444 e. The van der Waals surface area contributed by atoms with Crippen LogP contribution in [0, 0.1) is 0 Å². The smallest absolute Gasteiger partial charge is 0.410 e. The van der Waals surface area contributed by atoms with Crippen LogP contribution in [0.25, 0.3) is 0 Å². The van der Waals surface area contributed by atoms with Gasteiger partial charge in [-0.15, -0.1) is 0 Å². The standard InChI is InChI=1S/C23H30N4O5/c1-23(2,3)32-22(31)26-11-9-14(10-12-26)24-17-6-4-5-15-16(17)13-27(21(15)30)18-7-8-19(28)25-20(18)29/h4-6,14,18,24H,7-13H2,1-3H3,(H,25,28,29). The quantitative estimate of drug-likeness (QED) is 0.696. The summed E-state index contributed by atoms with van der Waals surface area (Å²) in [4.78, 5) is 52.3. The van der Waals surface area contributed by atoms with Crippen molar-refractivity contribution >= 4 is 29.5 Å². The van der Waals surface area contributed by atoms with Crippen LogP contribution in [0.15, 0.2) is 18.2 Å². The molecule has 3 aliphatic heterocycles. The van der Waals surface area contributed by atoms with E-state index in [4.69, 9.17) is 4.74 Å². The fraction of sp³-hybridized carbons (Fsp3) is 0.565. The predicted octanol–water partition coefficient (Wildman–Crippen LogP) is 2.26. The summed E-state index contributed by atoms with van der Waals surface area (Å²) in [5, 5.41) is 5.87. The normalized spacial score (nSPS) is 22.0. The molecule has 9 nitrogen and oxygen atoms in total. The van der Waals surface area contributed by atoms with Crippen LogP contribution in [0.5, 0.6) is 0 Å². The van der Waals surface area contributed by atoms with Crippen molar-refractivity contribution in [3.63, 3.8) is 0 Å². The van der Waals surface area contributed by atoms with Crippen LogP contribution in [0.3, 0.4) is 0 Å². The molecule has 1 aromatic carbocycles. The molecule has 0 saturated carbocycles. The predicted molar refractivity (Wildman–Crippen MR) is 117 cm³/mol. The lowest BCUT2D eigenvalue weighted by atomic mass is 10.0. The number of carbonyl (C=O) groups excluding carboxylic acids is 4. The second kappa shape index (κ2) is 8.44. The monoisotopic (exact) mass is 442 g/mol. The van der Waals surface area contributed by atoms with Crippen LogP contribution in [-0.4, -0.2) is 64.4 Å². The van der Waals surface area contributed by atoms with E-state index < -0.39 is 17.6 Å². The molecule has 0 aromatic heterocycles. The molecule has 4 rings (SSSR count). The van der Waals surface area contributed by atoms with Gasteiger partial charge in [-0.05, 0) is 52.2 Å². The van der Waals surface area contributed by atoms with Gasteiger partial charge in [0.1, 0.15) is 11.6 Å². The Morgan fingerprint density at radius 2 is 1.84 bits per heavy atom. The fourth-order valence-corrected chi connectivity index (χ4v) is 4.47. The van der Waals surface area contributed by atoms with E-state index >= 15 is 0 Å². The Hall–Kier alpha value is -3.10. The number of fused-ring (bicyclic) bond motifs is 1. The molecular weight excluding hydrogens is 412 g/mol. The maximum Gasteiger partial charge on any atom is 0.410 e. The van der Waals surface area contributed by atoms with Gasteiger partial charge in [0, 0.05) is 48.9 Å². The van der Waals surface area contributed by atoms with E-state index in [1.807, 2.05) is 32.9 Å². The number of piperidine rings is 2. The number of carbonyl (C=O) groups is 4. The lowest BCUT2D eigenvalue weighted by Crippen LogP contribution is -2.52. The molecule has 9 heteroatoms. The van der Waals surface area contributed by atoms with E-state index in [-0.39, 0.29) is 30.4 Å². The Morgan fingerprint density at radius 1 is 1.12 bits per heavy atom. The third-order valence-electron chi connectivity index (χ3n) is 6.09. The first-order chi connectivity index (χ1) is 15.1. The number of amides is 4. The first-order valence-corrected chi connectivity index (χ1v) is 11.1. The third kappa shape index (κ3) is 4.56. The molecule has 0 spiro atoms. The lowest BCUT2D eigenvalue weighted by molar-refractivity contribution is -0.136.